The Morgan fingerprint density at radius 2 is 2.24 bits per heavy atom. The summed E-state index contributed by atoms with van der Waals surface area (Å²) in [5.41, 5.74) is 0.651. The third-order valence-corrected chi connectivity index (χ3v) is 3.38. The molecular weight excluding hydrogens is 232 g/mol. The Labute approximate surface area is 105 Å². The number of carbonyl (C=O) groups is 1. The molecule has 0 saturated carbocycles. The van der Waals surface area contributed by atoms with E-state index in [1.807, 2.05) is 25.2 Å². The second-order valence-corrected chi connectivity index (χ2v) is 4.93. The number of Topliss-reactive ketones (excluding diaryl/α,β-unsaturated/α-hetero) is 1. The van der Waals surface area contributed by atoms with E-state index in [0.29, 0.717) is 5.56 Å². The molecule has 2 aromatic rings. The van der Waals surface area contributed by atoms with Gasteiger partial charge in [-0.1, -0.05) is 6.07 Å². The summed E-state index contributed by atoms with van der Waals surface area (Å²) in [6.45, 7) is 2.39. The molecule has 2 aromatic heterocycles. The van der Waals surface area contributed by atoms with E-state index in [2.05, 4.69) is 21.3 Å². The minimum atomic E-state index is 0.0463. The molecule has 0 spiro atoms. The van der Waals surface area contributed by atoms with E-state index >= 15 is 0 Å². The van der Waals surface area contributed by atoms with E-state index in [1.165, 1.54) is 4.88 Å². The molecule has 0 N–H and O–H groups in total. The van der Waals surface area contributed by atoms with Crippen molar-refractivity contribution < 1.29 is 4.79 Å². The molecule has 2 heterocycles. The van der Waals surface area contributed by atoms with Gasteiger partial charge in [-0.15, -0.1) is 11.3 Å². The predicted molar refractivity (Wildman–Crippen MR) is 70.7 cm³/mol. The zero-order chi connectivity index (χ0) is 12.3. The molecule has 88 valence electrons. The number of rotatable bonds is 4. The van der Waals surface area contributed by atoms with Gasteiger partial charge in [-0.25, -0.2) is 4.98 Å². The number of anilines is 1. The van der Waals surface area contributed by atoms with Crippen molar-refractivity contribution in [2.75, 3.05) is 11.9 Å². The average molecular weight is 246 g/mol. The molecule has 4 heteroatoms. The first-order valence-electron chi connectivity index (χ1n) is 5.37. The van der Waals surface area contributed by atoms with Crippen LogP contribution in [0.25, 0.3) is 0 Å². The van der Waals surface area contributed by atoms with Crippen molar-refractivity contribution >= 4 is 22.9 Å². The van der Waals surface area contributed by atoms with Crippen LogP contribution in [0.1, 0.15) is 22.2 Å². The highest BCUT2D eigenvalue weighted by Crippen LogP contribution is 2.16. The van der Waals surface area contributed by atoms with Crippen LogP contribution in [0.3, 0.4) is 0 Å². The van der Waals surface area contributed by atoms with Gasteiger partial charge in [0.15, 0.2) is 5.78 Å². The Bertz CT molecular complexity index is 491. The molecule has 0 aromatic carbocycles. The minimum Gasteiger partial charge on any atom is -0.355 e. The normalized spacial score (nSPS) is 10.2. The van der Waals surface area contributed by atoms with E-state index in [9.17, 15) is 4.79 Å². The molecule has 0 aliphatic carbocycles. The molecule has 0 aliphatic heterocycles. The zero-order valence-corrected chi connectivity index (χ0v) is 10.7. The van der Waals surface area contributed by atoms with Crippen LogP contribution in [-0.4, -0.2) is 17.8 Å². The Balaban J connectivity index is 2.09. The minimum absolute atomic E-state index is 0.0463. The van der Waals surface area contributed by atoms with E-state index in [1.54, 1.807) is 24.5 Å². The van der Waals surface area contributed by atoms with Gasteiger partial charge in [-0.05, 0) is 30.5 Å². The van der Waals surface area contributed by atoms with E-state index in [4.69, 9.17) is 0 Å². The Hall–Kier alpha value is -1.68. The highest BCUT2D eigenvalue weighted by atomic mass is 32.1. The fourth-order valence-electron chi connectivity index (χ4n) is 1.54. The first-order valence-corrected chi connectivity index (χ1v) is 6.25. The summed E-state index contributed by atoms with van der Waals surface area (Å²) in [5.74, 6) is 0.924. The molecule has 0 saturated heterocycles. The van der Waals surface area contributed by atoms with Crippen LogP contribution >= 0.6 is 11.3 Å². The van der Waals surface area contributed by atoms with Crippen LogP contribution in [0, 0.1) is 0 Å². The van der Waals surface area contributed by atoms with Gasteiger partial charge in [0.05, 0.1) is 6.54 Å². The number of carbonyl (C=O) groups excluding carboxylic acids is 1. The summed E-state index contributed by atoms with van der Waals surface area (Å²) in [7, 11) is 2.00. The Morgan fingerprint density at radius 1 is 1.41 bits per heavy atom. The Kier molecular flexibility index (Phi) is 3.54. The van der Waals surface area contributed by atoms with Crippen molar-refractivity contribution in [3.63, 3.8) is 0 Å². The number of pyridine rings is 1. The summed E-state index contributed by atoms with van der Waals surface area (Å²) in [5, 5.41) is 2.06. The van der Waals surface area contributed by atoms with Gasteiger partial charge >= 0.3 is 0 Å². The Morgan fingerprint density at radius 3 is 2.76 bits per heavy atom. The molecule has 17 heavy (non-hydrogen) atoms. The van der Waals surface area contributed by atoms with E-state index < -0.39 is 0 Å². The number of hydrogen-bond acceptors (Lipinski definition) is 4. The van der Waals surface area contributed by atoms with E-state index in [0.717, 1.165) is 12.4 Å². The molecule has 3 nitrogen and oxygen atoms in total. The molecule has 0 atom stereocenters. The topological polar surface area (TPSA) is 33.2 Å². The van der Waals surface area contributed by atoms with Crippen molar-refractivity contribution in [3.05, 3.63) is 46.3 Å². The molecular formula is C13H14N2OS. The average Bonchev–Trinajstić information content (AvgIpc) is 2.82. The second kappa shape index (κ2) is 5.10. The van der Waals surface area contributed by atoms with Crippen molar-refractivity contribution in [1.82, 2.24) is 4.98 Å². The number of ketones is 1. The first-order chi connectivity index (χ1) is 8.16. The molecule has 0 fully saturated rings. The summed E-state index contributed by atoms with van der Waals surface area (Å²) < 4.78 is 0. The van der Waals surface area contributed by atoms with Crippen LogP contribution in [0.15, 0.2) is 35.8 Å². The van der Waals surface area contributed by atoms with Gasteiger partial charge in [0.25, 0.3) is 0 Å². The first kappa shape index (κ1) is 11.8. The molecule has 0 bridgehead atoms. The van der Waals surface area contributed by atoms with Gasteiger partial charge in [-0.2, -0.15) is 0 Å². The third kappa shape index (κ3) is 2.91. The van der Waals surface area contributed by atoms with Crippen molar-refractivity contribution in [2.24, 2.45) is 0 Å². The maximum atomic E-state index is 11.1. The van der Waals surface area contributed by atoms with Gasteiger partial charge in [0.1, 0.15) is 5.82 Å². The van der Waals surface area contributed by atoms with Crippen molar-refractivity contribution in [2.45, 2.75) is 13.5 Å². The maximum Gasteiger partial charge on any atom is 0.161 e. The lowest BCUT2D eigenvalue weighted by molar-refractivity contribution is 0.101. The number of hydrogen-bond donors (Lipinski definition) is 0. The fraction of sp³-hybridized carbons (Fsp3) is 0.231. The van der Waals surface area contributed by atoms with Crippen LogP contribution in [0.5, 0.6) is 0 Å². The lowest BCUT2D eigenvalue weighted by atomic mass is 10.2. The fourth-order valence-corrected chi connectivity index (χ4v) is 2.29. The van der Waals surface area contributed by atoms with Crippen molar-refractivity contribution in [1.29, 1.82) is 0 Å². The van der Waals surface area contributed by atoms with E-state index in [-0.39, 0.29) is 5.78 Å². The number of nitrogens with zero attached hydrogens (tertiary/aromatic N) is 2. The van der Waals surface area contributed by atoms with Crippen molar-refractivity contribution in [3.8, 4) is 0 Å². The van der Waals surface area contributed by atoms with Gasteiger partial charge in [0, 0.05) is 23.7 Å². The lowest BCUT2D eigenvalue weighted by Gasteiger charge is -2.17. The smallest absolute Gasteiger partial charge is 0.161 e. The molecule has 2 rings (SSSR count). The monoisotopic (exact) mass is 246 g/mol. The molecule has 0 aliphatic rings. The summed E-state index contributed by atoms with van der Waals surface area (Å²) in [6, 6.07) is 7.84. The number of thiophene rings is 1. The van der Waals surface area contributed by atoms with Crippen LogP contribution in [0.2, 0.25) is 0 Å². The van der Waals surface area contributed by atoms with Crippen LogP contribution < -0.4 is 4.90 Å². The number of aromatic nitrogens is 1. The highest BCUT2D eigenvalue weighted by molar-refractivity contribution is 7.09. The summed E-state index contributed by atoms with van der Waals surface area (Å²) in [6.07, 6.45) is 1.63. The largest absolute Gasteiger partial charge is 0.355 e. The van der Waals surface area contributed by atoms with Gasteiger partial charge < -0.3 is 4.90 Å². The van der Waals surface area contributed by atoms with Gasteiger partial charge in [-0.3, -0.25) is 4.79 Å². The molecule has 0 amide bonds. The molecule has 0 radical (unpaired) electrons. The van der Waals surface area contributed by atoms with Crippen LogP contribution in [0.4, 0.5) is 5.82 Å². The van der Waals surface area contributed by atoms with Crippen LogP contribution in [-0.2, 0) is 6.54 Å². The molecule has 0 unspecified atom stereocenters. The lowest BCUT2D eigenvalue weighted by Crippen LogP contribution is -2.17. The summed E-state index contributed by atoms with van der Waals surface area (Å²) >= 11 is 1.73. The second-order valence-electron chi connectivity index (χ2n) is 3.90. The summed E-state index contributed by atoms with van der Waals surface area (Å²) in [4.78, 5) is 18.8. The van der Waals surface area contributed by atoms with Gasteiger partial charge in [0.2, 0.25) is 0 Å². The maximum absolute atomic E-state index is 11.1. The third-order valence-electron chi connectivity index (χ3n) is 2.52. The SMILES string of the molecule is CC(=O)c1ccc(N(C)Cc2cccs2)nc1. The standard InChI is InChI=1S/C13H14N2OS/c1-10(16)11-5-6-13(14-8-11)15(2)9-12-4-3-7-17-12/h3-8H,9H2,1-2H3. The zero-order valence-electron chi connectivity index (χ0n) is 9.88. The quantitative estimate of drug-likeness (QED) is 0.778. The predicted octanol–water partition coefficient (Wildman–Crippen LogP) is 2.98. The highest BCUT2D eigenvalue weighted by Gasteiger charge is 2.05.